The smallest absolute Gasteiger partial charge is 0.255 e. The SMILES string of the molecule is Cc1ccc(C(=O)Nc2cccc(C3SCCS3)c2)cc1. The molecule has 2 aromatic rings. The Balaban J connectivity index is 1.73. The number of nitrogens with one attached hydrogen (secondary N) is 1. The van der Waals surface area contributed by atoms with E-state index < -0.39 is 0 Å². The predicted octanol–water partition coefficient (Wildman–Crippen LogP) is 4.73. The summed E-state index contributed by atoms with van der Waals surface area (Å²) in [5.74, 6) is 2.35. The number of rotatable bonds is 3. The first kappa shape index (κ1) is 14.5. The lowest BCUT2D eigenvalue weighted by Gasteiger charge is -2.11. The van der Waals surface area contributed by atoms with Crippen LogP contribution in [0, 0.1) is 6.92 Å². The molecule has 4 heteroatoms. The van der Waals surface area contributed by atoms with E-state index in [1.54, 1.807) is 0 Å². The maximum atomic E-state index is 12.2. The predicted molar refractivity (Wildman–Crippen MR) is 93.2 cm³/mol. The fourth-order valence-corrected chi connectivity index (χ4v) is 5.06. The number of thioether (sulfide) groups is 2. The molecule has 0 atom stereocenters. The van der Waals surface area contributed by atoms with Crippen LogP contribution < -0.4 is 5.32 Å². The van der Waals surface area contributed by atoms with E-state index in [1.165, 1.54) is 17.1 Å². The average molecular weight is 315 g/mol. The van der Waals surface area contributed by atoms with E-state index in [4.69, 9.17) is 0 Å². The van der Waals surface area contributed by atoms with Gasteiger partial charge in [0.05, 0.1) is 4.58 Å². The van der Waals surface area contributed by atoms with Gasteiger partial charge in [-0.2, -0.15) is 0 Å². The molecule has 0 saturated carbocycles. The molecule has 1 amide bonds. The van der Waals surface area contributed by atoms with Crippen LogP contribution in [0.15, 0.2) is 48.5 Å². The third-order valence-corrected chi connectivity index (χ3v) is 6.46. The molecule has 2 nitrogen and oxygen atoms in total. The first-order chi connectivity index (χ1) is 10.2. The number of anilines is 1. The number of hydrogen-bond acceptors (Lipinski definition) is 3. The van der Waals surface area contributed by atoms with Gasteiger partial charge in [0.2, 0.25) is 0 Å². The molecule has 1 fully saturated rings. The van der Waals surface area contributed by atoms with Crippen molar-refractivity contribution in [2.45, 2.75) is 11.5 Å². The normalized spacial score (nSPS) is 15.1. The summed E-state index contributed by atoms with van der Waals surface area (Å²) in [5, 5.41) is 2.98. The van der Waals surface area contributed by atoms with Crippen LogP contribution in [0.3, 0.4) is 0 Å². The molecular formula is C17H17NOS2. The molecule has 0 unspecified atom stereocenters. The molecule has 0 radical (unpaired) electrons. The lowest BCUT2D eigenvalue weighted by Crippen LogP contribution is -2.11. The van der Waals surface area contributed by atoms with Crippen LogP contribution in [0.2, 0.25) is 0 Å². The second kappa shape index (κ2) is 6.58. The maximum Gasteiger partial charge on any atom is 0.255 e. The molecule has 21 heavy (non-hydrogen) atoms. The van der Waals surface area contributed by atoms with Gasteiger partial charge >= 0.3 is 0 Å². The quantitative estimate of drug-likeness (QED) is 0.888. The minimum atomic E-state index is -0.0566. The average Bonchev–Trinajstić information content (AvgIpc) is 3.02. The van der Waals surface area contributed by atoms with Crippen molar-refractivity contribution in [2.75, 3.05) is 16.8 Å². The Morgan fingerprint density at radius 2 is 1.81 bits per heavy atom. The van der Waals surface area contributed by atoms with Crippen molar-refractivity contribution in [3.8, 4) is 0 Å². The highest BCUT2D eigenvalue weighted by Gasteiger charge is 2.18. The van der Waals surface area contributed by atoms with Gasteiger partial charge < -0.3 is 5.32 Å². The molecule has 0 aromatic heterocycles. The highest BCUT2D eigenvalue weighted by molar-refractivity contribution is 8.19. The summed E-state index contributed by atoms with van der Waals surface area (Å²) in [6.45, 7) is 2.02. The Bertz CT molecular complexity index is 633. The van der Waals surface area contributed by atoms with Crippen molar-refractivity contribution in [1.82, 2.24) is 0 Å². The Hall–Kier alpha value is -1.39. The highest BCUT2D eigenvalue weighted by atomic mass is 32.2. The minimum Gasteiger partial charge on any atom is -0.322 e. The van der Waals surface area contributed by atoms with Crippen LogP contribution in [0.25, 0.3) is 0 Å². The lowest BCUT2D eigenvalue weighted by atomic mass is 10.1. The number of hydrogen-bond donors (Lipinski definition) is 1. The van der Waals surface area contributed by atoms with Crippen molar-refractivity contribution in [3.05, 3.63) is 65.2 Å². The van der Waals surface area contributed by atoms with E-state index in [0.29, 0.717) is 10.1 Å². The first-order valence-corrected chi connectivity index (χ1v) is 9.03. The van der Waals surface area contributed by atoms with Crippen molar-refractivity contribution >= 4 is 35.1 Å². The molecule has 1 heterocycles. The van der Waals surface area contributed by atoms with Gasteiger partial charge in [0, 0.05) is 22.8 Å². The second-order valence-electron chi connectivity index (χ2n) is 5.02. The van der Waals surface area contributed by atoms with Crippen molar-refractivity contribution in [3.63, 3.8) is 0 Å². The number of carbonyl (C=O) groups excluding carboxylic acids is 1. The summed E-state index contributed by atoms with van der Waals surface area (Å²) >= 11 is 3.94. The molecule has 2 aromatic carbocycles. The molecule has 108 valence electrons. The zero-order valence-corrected chi connectivity index (χ0v) is 13.5. The summed E-state index contributed by atoms with van der Waals surface area (Å²) in [5.41, 5.74) is 4.00. The molecule has 1 aliphatic rings. The maximum absolute atomic E-state index is 12.2. The van der Waals surface area contributed by atoms with Gasteiger partial charge in [0.15, 0.2) is 0 Å². The topological polar surface area (TPSA) is 29.1 Å². The number of amides is 1. The zero-order valence-electron chi connectivity index (χ0n) is 11.8. The van der Waals surface area contributed by atoms with Crippen LogP contribution in [0.4, 0.5) is 5.69 Å². The third-order valence-electron chi connectivity index (χ3n) is 3.35. The fourth-order valence-electron chi connectivity index (χ4n) is 2.22. The zero-order chi connectivity index (χ0) is 14.7. The van der Waals surface area contributed by atoms with Crippen molar-refractivity contribution in [2.24, 2.45) is 0 Å². The third kappa shape index (κ3) is 3.63. The van der Waals surface area contributed by atoms with Gasteiger partial charge in [-0.25, -0.2) is 0 Å². The molecule has 3 rings (SSSR count). The van der Waals surface area contributed by atoms with E-state index in [1.807, 2.05) is 66.8 Å². The number of benzene rings is 2. The molecule has 0 bridgehead atoms. The Labute approximate surface area is 133 Å². The van der Waals surface area contributed by atoms with Crippen LogP contribution in [-0.2, 0) is 0 Å². The number of carbonyl (C=O) groups is 1. The summed E-state index contributed by atoms with van der Waals surface area (Å²) in [6.07, 6.45) is 0. The van der Waals surface area contributed by atoms with Crippen LogP contribution in [-0.4, -0.2) is 17.4 Å². The molecule has 0 spiro atoms. The molecular weight excluding hydrogens is 298 g/mol. The van der Waals surface area contributed by atoms with E-state index in [9.17, 15) is 4.79 Å². The Morgan fingerprint density at radius 3 is 2.52 bits per heavy atom. The van der Waals surface area contributed by atoms with Crippen molar-refractivity contribution in [1.29, 1.82) is 0 Å². The minimum absolute atomic E-state index is 0.0566. The van der Waals surface area contributed by atoms with E-state index in [2.05, 4.69) is 17.4 Å². The first-order valence-electron chi connectivity index (χ1n) is 6.93. The van der Waals surface area contributed by atoms with E-state index in [-0.39, 0.29) is 5.91 Å². The van der Waals surface area contributed by atoms with Gasteiger partial charge in [0.1, 0.15) is 0 Å². The van der Waals surface area contributed by atoms with Crippen molar-refractivity contribution < 1.29 is 4.79 Å². The largest absolute Gasteiger partial charge is 0.322 e. The Morgan fingerprint density at radius 1 is 1.10 bits per heavy atom. The fraction of sp³-hybridized carbons (Fsp3) is 0.235. The summed E-state index contributed by atoms with van der Waals surface area (Å²) in [4.78, 5) is 12.2. The standard InChI is InChI=1S/C17H17NOS2/c1-12-5-7-13(8-6-12)16(19)18-15-4-2-3-14(11-15)17-20-9-10-21-17/h2-8,11,17H,9-10H2,1H3,(H,18,19). The molecule has 1 N–H and O–H groups in total. The lowest BCUT2D eigenvalue weighted by molar-refractivity contribution is 0.102. The molecule has 0 aliphatic carbocycles. The highest BCUT2D eigenvalue weighted by Crippen LogP contribution is 2.45. The summed E-state index contributed by atoms with van der Waals surface area (Å²) in [7, 11) is 0. The van der Waals surface area contributed by atoms with E-state index in [0.717, 1.165) is 11.3 Å². The summed E-state index contributed by atoms with van der Waals surface area (Å²) in [6, 6.07) is 15.8. The monoisotopic (exact) mass is 315 g/mol. The second-order valence-corrected chi connectivity index (χ2v) is 7.74. The molecule has 1 saturated heterocycles. The van der Waals surface area contributed by atoms with Crippen LogP contribution in [0.1, 0.15) is 26.1 Å². The Kier molecular flexibility index (Phi) is 4.56. The molecule has 1 aliphatic heterocycles. The van der Waals surface area contributed by atoms with Gasteiger partial charge in [-0.15, -0.1) is 23.5 Å². The summed E-state index contributed by atoms with van der Waals surface area (Å²) < 4.78 is 0.501. The van der Waals surface area contributed by atoms with Crippen LogP contribution in [0.5, 0.6) is 0 Å². The van der Waals surface area contributed by atoms with Gasteiger partial charge in [-0.05, 0) is 36.8 Å². The van der Waals surface area contributed by atoms with Gasteiger partial charge in [0.25, 0.3) is 5.91 Å². The van der Waals surface area contributed by atoms with Gasteiger partial charge in [-0.1, -0.05) is 29.8 Å². The van der Waals surface area contributed by atoms with Gasteiger partial charge in [-0.3, -0.25) is 4.79 Å². The van der Waals surface area contributed by atoms with E-state index >= 15 is 0 Å². The van der Waals surface area contributed by atoms with Crippen LogP contribution >= 0.6 is 23.5 Å². The number of aryl methyl sites for hydroxylation is 1.